The molecule has 1 heterocycles. The minimum atomic E-state index is -0.103. The van der Waals surface area contributed by atoms with E-state index in [1.165, 1.54) is 0 Å². The van der Waals surface area contributed by atoms with Crippen molar-refractivity contribution in [1.82, 2.24) is 4.98 Å². The number of benzene rings is 1. The standard InChI is InChI=1S/C13H13BrN2O2/c1-16(10-4-3-5-11(7-10)18-2)13(17)12-6-9(14)8-15-12/h3-8,15H,1-2H3. The summed E-state index contributed by atoms with van der Waals surface area (Å²) >= 11 is 3.31. The van der Waals surface area contributed by atoms with Gasteiger partial charge >= 0.3 is 0 Å². The summed E-state index contributed by atoms with van der Waals surface area (Å²) in [5.41, 5.74) is 1.32. The number of carbonyl (C=O) groups excluding carboxylic acids is 1. The van der Waals surface area contributed by atoms with E-state index in [4.69, 9.17) is 4.74 Å². The highest BCUT2D eigenvalue weighted by atomic mass is 79.9. The van der Waals surface area contributed by atoms with Gasteiger partial charge in [0.15, 0.2) is 0 Å². The number of amides is 1. The zero-order valence-corrected chi connectivity index (χ0v) is 11.7. The quantitative estimate of drug-likeness (QED) is 0.947. The molecule has 0 aliphatic rings. The fourth-order valence-electron chi connectivity index (χ4n) is 1.61. The number of rotatable bonds is 3. The van der Waals surface area contributed by atoms with Crippen LogP contribution in [0.15, 0.2) is 41.0 Å². The van der Waals surface area contributed by atoms with Crippen molar-refractivity contribution in [3.05, 3.63) is 46.7 Å². The molecular weight excluding hydrogens is 296 g/mol. The largest absolute Gasteiger partial charge is 0.497 e. The van der Waals surface area contributed by atoms with Crippen LogP contribution in [0.1, 0.15) is 10.5 Å². The predicted octanol–water partition coefficient (Wildman–Crippen LogP) is 3.06. The third-order valence-corrected chi connectivity index (χ3v) is 3.08. The van der Waals surface area contributed by atoms with Crippen LogP contribution < -0.4 is 9.64 Å². The van der Waals surface area contributed by atoms with E-state index in [2.05, 4.69) is 20.9 Å². The van der Waals surface area contributed by atoms with Crippen LogP contribution in [0.5, 0.6) is 5.75 Å². The molecule has 0 saturated heterocycles. The molecule has 0 saturated carbocycles. The van der Waals surface area contributed by atoms with Gasteiger partial charge in [-0.15, -0.1) is 0 Å². The molecule has 18 heavy (non-hydrogen) atoms. The second kappa shape index (κ2) is 5.27. The van der Waals surface area contributed by atoms with E-state index in [9.17, 15) is 4.79 Å². The van der Waals surface area contributed by atoms with Crippen LogP contribution in [0, 0.1) is 0 Å². The second-order valence-corrected chi connectivity index (χ2v) is 4.71. The zero-order chi connectivity index (χ0) is 13.1. The number of methoxy groups -OCH3 is 1. The van der Waals surface area contributed by atoms with Crippen molar-refractivity contribution in [2.24, 2.45) is 0 Å². The molecule has 0 bridgehead atoms. The Morgan fingerprint density at radius 3 is 2.78 bits per heavy atom. The Labute approximate surface area is 114 Å². The van der Waals surface area contributed by atoms with Gasteiger partial charge in [0.05, 0.1) is 7.11 Å². The van der Waals surface area contributed by atoms with E-state index in [0.717, 1.165) is 15.9 Å². The molecule has 0 atom stereocenters. The Kier molecular flexibility index (Phi) is 3.72. The van der Waals surface area contributed by atoms with Crippen molar-refractivity contribution in [2.75, 3.05) is 19.1 Å². The summed E-state index contributed by atoms with van der Waals surface area (Å²) < 4.78 is 5.99. The summed E-state index contributed by atoms with van der Waals surface area (Å²) in [6, 6.07) is 9.11. The average Bonchev–Trinajstić information content (AvgIpc) is 2.83. The molecule has 1 N–H and O–H groups in total. The van der Waals surface area contributed by atoms with E-state index >= 15 is 0 Å². The molecule has 0 aliphatic carbocycles. The Balaban J connectivity index is 2.25. The summed E-state index contributed by atoms with van der Waals surface area (Å²) in [5.74, 6) is 0.619. The van der Waals surface area contributed by atoms with Gasteiger partial charge in [0.1, 0.15) is 11.4 Å². The Morgan fingerprint density at radius 2 is 2.17 bits per heavy atom. The average molecular weight is 309 g/mol. The molecule has 0 radical (unpaired) electrons. The lowest BCUT2D eigenvalue weighted by Crippen LogP contribution is -2.26. The molecule has 0 fully saturated rings. The Bertz CT molecular complexity index is 566. The van der Waals surface area contributed by atoms with E-state index in [1.807, 2.05) is 24.3 Å². The fraction of sp³-hybridized carbons (Fsp3) is 0.154. The van der Waals surface area contributed by atoms with Gasteiger partial charge in [-0.3, -0.25) is 4.79 Å². The number of carbonyl (C=O) groups is 1. The van der Waals surface area contributed by atoms with Crippen LogP contribution in [-0.2, 0) is 0 Å². The number of nitrogens with zero attached hydrogens (tertiary/aromatic N) is 1. The van der Waals surface area contributed by atoms with Gasteiger partial charge in [0.2, 0.25) is 0 Å². The van der Waals surface area contributed by atoms with Gasteiger partial charge in [0, 0.05) is 29.5 Å². The molecule has 5 heteroatoms. The van der Waals surface area contributed by atoms with E-state index in [0.29, 0.717) is 5.69 Å². The lowest BCUT2D eigenvalue weighted by molar-refractivity contribution is 0.0989. The SMILES string of the molecule is COc1cccc(N(C)C(=O)c2cc(Br)c[nH]2)c1. The van der Waals surface area contributed by atoms with Crippen LogP contribution in [0.25, 0.3) is 0 Å². The van der Waals surface area contributed by atoms with E-state index in [-0.39, 0.29) is 5.91 Å². The zero-order valence-electron chi connectivity index (χ0n) is 10.1. The fourth-order valence-corrected chi connectivity index (χ4v) is 1.95. The highest BCUT2D eigenvalue weighted by Gasteiger charge is 2.15. The Hall–Kier alpha value is -1.75. The van der Waals surface area contributed by atoms with Gasteiger partial charge in [-0.1, -0.05) is 6.07 Å². The molecule has 94 valence electrons. The van der Waals surface area contributed by atoms with Crippen LogP contribution in [0.2, 0.25) is 0 Å². The van der Waals surface area contributed by atoms with Crippen LogP contribution in [0.3, 0.4) is 0 Å². The number of aromatic nitrogens is 1. The van der Waals surface area contributed by atoms with Gasteiger partial charge in [-0.25, -0.2) is 0 Å². The smallest absolute Gasteiger partial charge is 0.274 e. The molecule has 0 aliphatic heterocycles. The first-order chi connectivity index (χ1) is 8.61. The second-order valence-electron chi connectivity index (χ2n) is 3.80. The lowest BCUT2D eigenvalue weighted by Gasteiger charge is -2.17. The molecule has 0 spiro atoms. The van der Waals surface area contributed by atoms with Crippen molar-refractivity contribution in [1.29, 1.82) is 0 Å². The summed E-state index contributed by atoms with van der Waals surface area (Å²) in [4.78, 5) is 16.7. The van der Waals surface area contributed by atoms with Gasteiger partial charge in [0.25, 0.3) is 5.91 Å². The van der Waals surface area contributed by atoms with E-state index < -0.39 is 0 Å². The summed E-state index contributed by atoms with van der Waals surface area (Å²) in [6.07, 6.45) is 1.73. The van der Waals surface area contributed by atoms with Crippen molar-refractivity contribution >= 4 is 27.5 Å². The molecule has 1 aromatic carbocycles. The highest BCUT2D eigenvalue weighted by molar-refractivity contribution is 9.10. The number of anilines is 1. The van der Waals surface area contributed by atoms with Gasteiger partial charge < -0.3 is 14.6 Å². The van der Waals surface area contributed by atoms with Crippen molar-refractivity contribution in [3.8, 4) is 5.75 Å². The number of ether oxygens (including phenoxy) is 1. The molecule has 1 aromatic heterocycles. The molecule has 1 amide bonds. The predicted molar refractivity (Wildman–Crippen MR) is 74.2 cm³/mol. The number of hydrogen-bond donors (Lipinski definition) is 1. The third kappa shape index (κ3) is 2.56. The summed E-state index contributed by atoms with van der Waals surface area (Å²) in [5, 5.41) is 0. The molecule has 2 rings (SSSR count). The first-order valence-corrected chi connectivity index (χ1v) is 6.17. The third-order valence-electron chi connectivity index (χ3n) is 2.62. The maximum atomic E-state index is 12.2. The van der Waals surface area contributed by atoms with Crippen LogP contribution in [0.4, 0.5) is 5.69 Å². The first-order valence-electron chi connectivity index (χ1n) is 5.38. The molecule has 4 nitrogen and oxygen atoms in total. The molecule has 0 unspecified atom stereocenters. The number of halogens is 1. The number of nitrogens with one attached hydrogen (secondary N) is 1. The van der Waals surface area contributed by atoms with Crippen molar-refractivity contribution in [3.63, 3.8) is 0 Å². The van der Waals surface area contributed by atoms with Crippen LogP contribution >= 0.6 is 15.9 Å². The maximum absolute atomic E-state index is 12.2. The van der Waals surface area contributed by atoms with Crippen molar-refractivity contribution < 1.29 is 9.53 Å². The highest BCUT2D eigenvalue weighted by Crippen LogP contribution is 2.21. The topological polar surface area (TPSA) is 45.3 Å². The van der Waals surface area contributed by atoms with Gasteiger partial charge in [-0.05, 0) is 34.1 Å². The number of aromatic amines is 1. The monoisotopic (exact) mass is 308 g/mol. The lowest BCUT2D eigenvalue weighted by atomic mass is 10.2. The Morgan fingerprint density at radius 1 is 1.39 bits per heavy atom. The minimum absolute atomic E-state index is 0.103. The summed E-state index contributed by atoms with van der Waals surface area (Å²) in [6.45, 7) is 0. The summed E-state index contributed by atoms with van der Waals surface area (Å²) in [7, 11) is 3.33. The number of H-pyrrole nitrogens is 1. The molecular formula is C13H13BrN2O2. The van der Waals surface area contributed by atoms with Crippen LogP contribution in [-0.4, -0.2) is 25.0 Å². The normalized spacial score (nSPS) is 10.2. The maximum Gasteiger partial charge on any atom is 0.274 e. The number of hydrogen-bond acceptors (Lipinski definition) is 2. The first kappa shape index (κ1) is 12.7. The van der Waals surface area contributed by atoms with E-state index in [1.54, 1.807) is 31.3 Å². The van der Waals surface area contributed by atoms with Gasteiger partial charge in [-0.2, -0.15) is 0 Å². The minimum Gasteiger partial charge on any atom is -0.497 e. The van der Waals surface area contributed by atoms with Crippen molar-refractivity contribution in [2.45, 2.75) is 0 Å². The molecule has 2 aromatic rings.